The number of nitrogens with one attached hydrogen (secondary N) is 1. The zero-order valence-corrected chi connectivity index (χ0v) is 13.0. The summed E-state index contributed by atoms with van der Waals surface area (Å²) in [7, 11) is 2.15. The van der Waals surface area contributed by atoms with E-state index in [1.807, 2.05) is 0 Å². The number of aromatic carboxylic acids is 1. The molecular formula is C15H17FN3O2S+. The van der Waals surface area contributed by atoms with Crippen LogP contribution in [0.4, 0.5) is 9.52 Å². The average molecular weight is 322 g/mol. The fraction of sp³-hybridized carbons (Fsp3) is 0.333. The van der Waals surface area contributed by atoms with E-state index in [9.17, 15) is 9.18 Å². The molecule has 2 heterocycles. The molecule has 1 aromatic carbocycles. The van der Waals surface area contributed by atoms with Gasteiger partial charge in [-0.1, -0.05) is 23.5 Å². The van der Waals surface area contributed by atoms with Crippen molar-refractivity contribution < 1.29 is 19.2 Å². The maximum atomic E-state index is 14.2. The average Bonchev–Trinajstić information content (AvgIpc) is 2.90. The van der Waals surface area contributed by atoms with Gasteiger partial charge in [0.25, 0.3) is 0 Å². The fourth-order valence-electron chi connectivity index (χ4n) is 2.45. The lowest BCUT2D eigenvalue weighted by Crippen LogP contribution is -3.12. The summed E-state index contributed by atoms with van der Waals surface area (Å²) in [6.07, 6.45) is 0. The standard InChI is InChI=1S/C15H16FN3O2S/c1-18-6-8-19(9-7-18)15-17-12(13(16)22-15)10-2-4-11(5-3-10)14(20)21/h2-5H,6-9H2,1H3,(H,20,21)/p+1. The van der Waals surface area contributed by atoms with Gasteiger partial charge in [-0.15, -0.1) is 0 Å². The van der Waals surface area contributed by atoms with E-state index in [-0.39, 0.29) is 10.7 Å². The number of piperazine rings is 1. The first-order valence-corrected chi connectivity index (χ1v) is 7.92. The maximum absolute atomic E-state index is 14.2. The van der Waals surface area contributed by atoms with Crippen molar-refractivity contribution in [3.8, 4) is 11.3 Å². The highest BCUT2D eigenvalue weighted by Gasteiger charge is 2.22. The molecule has 22 heavy (non-hydrogen) atoms. The summed E-state index contributed by atoms with van der Waals surface area (Å²) in [6.45, 7) is 3.78. The molecule has 5 nitrogen and oxygen atoms in total. The quantitative estimate of drug-likeness (QED) is 0.885. The maximum Gasteiger partial charge on any atom is 0.335 e. The number of rotatable bonds is 3. The van der Waals surface area contributed by atoms with Crippen molar-refractivity contribution in [1.82, 2.24) is 4.98 Å². The number of aromatic nitrogens is 1. The lowest BCUT2D eigenvalue weighted by atomic mass is 10.1. The molecule has 0 aliphatic carbocycles. The van der Waals surface area contributed by atoms with E-state index >= 15 is 0 Å². The number of carboxylic acid groups (broad SMARTS) is 1. The Hall–Kier alpha value is -1.99. The number of hydrogen-bond donors (Lipinski definition) is 2. The van der Waals surface area contributed by atoms with Crippen LogP contribution < -0.4 is 9.80 Å². The Morgan fingerprint density at radius 2 is 1.95 bits per heavy atom. The molecule has 1 aliphatic heterocycles. The lowest BCUT2D eigenvalue weighted by Gasteiger charge is -2.29. The van der Waals surface area contributed by atoms with Crippen LogP contribution in [0.2, 0.25) is 0 Å². The number of hydrogen-bond acceptors (Lipinski definition) is 4. The molecule has 2 aromatic rings. The van der Waals surface area contributed by atoms with Crippen LogP contribution >= 0.6 is 11.3 Å². The van der Waals surface area contributed by atoms with E-state index in [2.05, 4.69) is 16.9 Å². The minimum Gasteiger partial charge on any atom is -0.478 e. The van der Waals surface area contributed by atoms with Gasteiger partial charge in [0, 0.05) is 5.56 Å². The minimum atomic E-state index is -0.995. The summed E-state index contributed by atoms with van der Waals surface area (Å²) in [6, 6.07) is 6.13. The van der Waals surface area contributed by atoms with Gasteiger partial charge in [0.2, 0.25) is 5.13 Å². The normalized spacial score (nSPS) is 16.0. The molecule has 7 heteroatoms. The van der Waals surface area contributed by atoms with Crippen LogP contribution in [0.1, 0.15) is 10.4 Å². The van der Waals surface area contributed by atoms with Crippen molar-refractivity contribution in [2.45, 2.75) is 0 Å². The van der Waals surface area contributed by atoms with Gasteiger partial charge >= 0.3 is 5.97 Å². The molecule has 1 fully saturated rings. The number of carbonyl (C=O) groups is 1. The van der Waals surface area contributed by atoms with Gasteiger partial charge in [0.1, 0.15) is 5.69 Å². The monoisotopic (exact) mass is 322 g/mol. The van der Waals surface area contributed by atoms with Crippen molar-refractivity contribution in [3.63, 3.8) is 0 Å². The number of halogens is 1. The predicted molar refractivity (Wildman–Crippen MR) is 83.3 cm³/mol. The van der Waals surface area contributed by atoms with Crippen LogP contribution in [0.25, 0.3) is 11.3 Å². The zero-order chi connectivity index (χ0) is 15.7. The summed E-state index contributed by atoms with van der Waals surface area (Å²) in [4.78, 5) is 18.8. The third-order valence-corrected chi connectivity index (χ3v) is 4.77. The first-order chi connectivity index (χ1) is 10.5. The number of benzene rings is 1. The van der Waals surface area contributed by atoms with Crippen LogP contribution in [-0.2, 0) is 0 Å². The summed E-state index contributed by atoms with van der Waals surface area (Å²) in [5.74, 6) is -0.995. The van der Waals surface area contributed by atoms with Crippen molar-refractivity contribution in [1.29, 1.82) is 0 Å². The van der Waals surface area contributed by atoms with Gasteiger partial charge in [0.05, 0.1) is 38.8 Å². The van der Waals surface area contributed by atoms with Crippen molar-refractivity contribution in [3.05, 3.63) is 35.0 Å². The van der Waals surface area contributed by atoms with Crippen molar-refractivity contribution >= 4 is 22.4 Å². The fourth-order valence-corrected chi connectivity index (χ4v) is 3.32. The highest BCUT2D eigenvalue weighted by molar-refractivity contribution is 7.14. The van der Waals surface area contributed by atoms with E-state index in [4.69, 9.17) is 5.11 Å². The number of thiazole rings is 1. The van der Waals surface area contributed by atoms with Gasteiger partial charge in [-0.3, -0.25) is 0 Å². The molecule has 0 saturated carbocycles. The molecule has 0 spiro atoms. The van der Waals surface area contributed by atoms with Crippen LogP contribution in [-0.4, -0.2) is 49.3 Å². The Labute approximate surface area is 131 Å². The van der Waals surface area contributed by atoms with Crippen molar-refractivity contribution in [2.24, 2.45) is 0 Å². The SMILES string of the molecule is C[NH+]1CCN(c2nc(-c3ccc(C(=O)O)cc3)c(F)s2)CC1. The second kappa shape index (κ2) is 6.02. The van der Waals surface area contributed by atoms with E-state index < -0.39 is 5.97 Å². The van der Waals surface area contributed by atoms with Crippen LogP contribution in [0, 0.1) is 5.13 Å². The first-order valence-electron chi connectivity index (χ1n) is 7.11. The van der Waals surface area contributed by atoms with Crippen LogP contribution in [0.3, 0.4) is 0 Å². The number of carboxylic acids is 1. The van der Waals surface area contributed by atoms with Gasteiger partial charge in [0.15, 0.2) is 5.13 Å². The summed E-state index contributed by atoms with van der Waals surface area (Å²) >= 11 is 1.05. The van der Waals surface area contributed by atoms with Crippen molar-refractivity contribution in [2.75, 3.05) is 38.1 Å². The zero-order valence-electron chi connectivity index (χ0n) is 12.2. The predicted octanol–water partition coefficient (Wildman–Crippen LogP) is 0.982. The van der Waals surface area contributed by atoms with Crippen LogP contribution in [0.15, 0.2) is 24.3 Å². The number of nitrogens with zero attached hydrogens (tertiary/aromatic N) is 2. The molecule has 1 saturated heterocycles. The van der Waals surface area contributed by atoms with E-state index in [1.54, 1.807) is 12.1 Å². The summed E-state index contributed by atoms with van der Waals surface area (Å²) in [5.41, 5.74) is 1.08. The first kappa shape index (κ1) is 14.9. The second-order valence-corrected chi connectivity index (χ2v) is 6.37. The highest BCUT2D eigenvalue weighted by Crippen LogP contribution is 2.31. The molecule has 0 atom stereocenters. The number of anilines is 1. The summed E-state index contributed by atoms with van der Waals surface area (Å²) in [5, 5.41) is 9.27. The lowest BCUT2D eigenvalue weighted by molar-refractivity contribution is -0.880. The molecule has 3 rings (SSSR count). The van der Waals surface area contributed by atoms with E-state index in [0.29, 0.717) is 16.4 Å². The Morgan fingerprint density at radius 1 is 1.32 bits per heavy atom. The molecule has 2 N–H and O–H groups in total. The molecule has 0 unspecified atom stereocenters. The second-order valence-electron chi connectivity index (χ2n) is 5.45. The number of likely N-dealkylation sites (N-methyl/N-ethyl adjacent to an activating group) is 1. The minimum absolute atomic E-state index is 0.182. The van der Waals surface area contributed by atoms with Gasteiger partial charge in [-0.05, 0) is 12.1 Å². The molecule has 116 valence electrons. The third-order valence-electron chi connectivity index (χ3n) is 3.87. The summed E-state index contributed by atoms with van der Waals surface area (Å²) < 4.78 is 14.2. The van der Waals surface area contributed by atoms with E-state index in [1.165, 1.54) is 17.0 Å². The molecule has 0 amide bonds. The van der Waals surface area contributed by atoms with Gasteiger partial charge < -0.3 is 14.9 Å². The number of quaternary nitrogens is 1. The topological polar surface area (TPSA) is 57.9 Å². The van der Waals surface area contributed by atoms with E-state index in [0.717, 1.165) is 37.5 Å². The smallest absolute Gasteiger partial charge is 0.335 e. The molecule has 1 aliphatic rings. The largest absolute Gasteiger partial charge is 0.478 e. The van der Waals surface area contributed by atoms with Gasteiger partial charge in [-0.2, -0.15) is 4.39 Å². The van der Waals surface area contributed by atoms with Crippen LogP contribution in [0.5, 0.6) is 0 Å². The molecule has 0 radical (unpaired) electrons. The highest BCUT2D eigenvalue weighted by atomic mass is 32.1. The molecule has 1 aromatic heterocycles. The molecular weight excluding hydrogens is 305 g/mol. The Balaban J connectivity index is 1.84. The molecule has 0 bridgehead atoms. The van der Waals surface area contributed by atoms with Gasteiger partial charge in [-0.25, -0.2) is 9.78 Å². The Bertz CT molecular complexity index is 679. The third kappa shape index (κ3) is 2.95. The Morgan fingerprint density at radius 3 is 2.55 bits per heavy atom. The Kier molecular flexibility index (Phi) is 4.08.